The third-order valence-electron chi connectivity index (χ3n) is 2.97. The smallest absolute Gasteiger partial charge is 0.326 e. The van der Waals surface area contributed by atoms with Crippen molar-refractivity contribution in [3.63, 3.8) is 0 Å². The van der Waals surface area contributed by atoms with Crippen molar-refractivity contribution in [2.45, 2.75) is 45.3 Å². The highest BCUT2D eigenvalue weighted by atomic mass is 16.5. The first kappa shape index (κ1) is 13.0. The number of hydrogen-bond donors (Lipinski definition) is 2. The van der Waals surface area contributed by atoms with Crippen LogP contribution in [-0.4, -0.2) is 35.7 Å². The summed E-state index contributed by atoms with van der Waals surface area (Å²) >= 11 is 0. The molecule has 3 atom stereocenters. The summed E-state index contributed by atoms with van der Waals surface area (Å²) in [6.07, 6.45) is 1.79. The monoisotopic (exact) mass is 229 g/mol. The van der Waals surface area contributed by atoms with Crippen LogP contribution < -0.4 is 5.32 Å². The van der Waals surface area contributed by atoms with Gasteiger partial charge in [-0.1, -0.05) is 13.8 Å². The average molecular weight is 229 g/mol. The molecule has 0 radical (unpaired) electrons. The summed E-state index contributed by atoms with van der Waals surface area (Å²) in [5, 5.41) is 11.4. The molecule has 1 aliphatic heterocycles. The molecule has 0 saturated carbocycles. The van der Waals surface area contributed by atoms with E-state index in [-0.39, 0.29) is 17.9 Å². The van der Waals surface area contributed by atoms with Gasteiger partial charge in [0.25, 0.3) is 0 Å². The Morgan fingerprint density at radius 3 is 2.69 bits per heavy atom. The molecule has 0 bridgehead atoms. The van der Waals surface area contributed by atoms with Gasteiger partial charge in [-0.25, -0.2) is 4.79 Å². The van der Waals surface area contributed by atoms with E-state index >= 15 is 0 Å². The van der Waals surface area contributed by atoms with Crippen molar-refractivity contribution in [1.82, 2.24) is 5.32 Å². The Bertz CT molecular complexity index is 267. The fraction of sp³-hybridized carbons (Fsp3) is 0.818. The summed E-state index contributed by atoms with van der Waals surface area (Å²) in [5.74, 6) is -1.38. The van der Waals surface area contributed by atoms with Crippen LogP contribution in [-0.2, 0) is 14.3 Å². The molecule has 1 aliphatic rings. The Morgan fingerprint density at radius 1 is 1.50 bits per heavy atom. The number of amides is 1. The minimum atomic E-state index is -0.984. The maximum atomic E-state index is 11.8. The molecule has 5 heteroatoms. The number of rotatable bonds is 5. The topological polar surface area (TPSA) is 75.6 Å². The lowest BCUT2D eigenvalue weighted by atomic mass is 9.98. The van der Waals surface area contributed by atoms with Gasteiger partial charge in [-0.2, -0.15) is 0 Å². The van der Waals surface area contributed by atoms with Crippen LogP contribution in [0.2, 0.25) is 0 Å². The van der Waals surface area contributed by atoms with Crippen molar-refractivity contribution in [1.29, 1.82) is 0 Å². The molecule has 0 aromatic rings. The largest absolute Gasteiger partial charge is 0.480 e. The maximum Gasteiger partial charge on any atom is 0.326 e. The number of carboxylic acid groups (broad SMARTS) is 1. The molecule has 0 aromatic carbocycles. The van der Waals surface area contributed by atoms with Crippen molar-refractivity contribution in [2.24, 2.45) is 5.92 Å². The highest BCUT2D eigenvalue weighted by Crippen LogP contribution is 2.23. The molecule has 0 spiro atoms. The fourth-order valence-corrected chi connectivity index (χ4v) is 1.97. The molecule has 1 fully saturated rings. The molecule has 0 aliphatic carbocycles. The molecular weight excluding hydrogens is 210 g/mol. The first-order chi connectivity index (χ1) is 7.60. The van der Waals surface area contributed by atoms with Gasteiger partial charge in [0, 0.05) is 6.61 Å². The van der Waals surface area contributed by atoms with E-state index in [1.54, 1.807) is 6.92 Å². The van der Waals surface area contributed by atoms with Crippen molar-refractivity contribution < 1.29 is 19.4 Å². The van der Waals surface area contributed by atoms with Crippen molar-refractivity contribution in [2.75, 3.05) is 6.61 Å². The molecule has 1 rings (SSSR count). The number of hydrogen-bond acceptors (Lipinski definition) is 3. The second-order valence-corrected chi connectivity index (χ2v) is 4.02. The van der Waals surface area contributed by atoms with Crippen molar-refractivity contribution in [3.05, 3.63) is 0 Å². The number of aliphatic carboxylic acids is 1. The Morgan fingerprint density at radius 2 is 2.19 bits per heavy atom. The van der Waals surface area contributed by atoms with Crippen LogP contribution in [0.1, 0.15) is 33.1 Å². The van der Waals surface area contributed by atoms with Crippen LogP contribution in [0.3, 0.4) is 0 Å². The first-order valence-electron chi connectivity index (χ1n) is 5.74. The van der Waals surface area contributed by atoms with E-state index in [9.17, 15) is 9.59 Å². The quantitative estimate of drug-likeness (QED) is 0.730. The zero-order chi connectivity index (χ0) is 12.1. The van der Waals surface area contributed by atoms with E-state index in [2.05, 4.69) is 5.32 Å². The van der Waals surface area contributed by atoms with E-state index in [1.807, 2.05) is 6.92 Å². The van der Waals surface area contributed by atoms with Crippen LogP contribution in [0.4, 0.5) is 0 Å². The fourth-order valence-electron chi connectivity index (χ4n) is 1.97. The Kier molecular flexibility index (Phi) is 4.73. The molecule has 92 valence electrons. The maximum absolute atomic E-state index is 11.8. The SMILES string of the molecule is CCC1OCCC1C(=O)N[C@@H](CC)C(=O)O. The average Bonchev–Trinajstić information content (AvgIpc) is 2.72. The van der Waals surface area contributed by atoms with Gasteiger partial charge in [0.05, 0.1) is 12.0 Å². The molecule has 1 amide bonds. The van der Waals surface area contributed by atoms with Crippen molar-refractivity contribution >= 4 is 11.9 Å². The van der Waals surface area contributed by atoms with Crippen LogP contribution in [0.15, 0.2) is 0 Å². The number of carbonyl (C=O) groups is 2. The molecule has 2 N–H and O–H groups in total. The Labute approximate surface area is 95.2 Å². The van der Waals surface area contributed by atoms with E-state index in [1.165, 1.54) is 0 Å². The van der Waals surface area contributed by atoms with E-state index in [0.717, 1.165) is 6.42 Å². The van der Waals surface area contributed by atoms with Gasteiger partial charge in [0.15, 0.2) is 0 Å². The van der Waals surface area contributed by atoms with E-state index in [4.69, 9.17) is 9.84 Å². The van der Waals surface area contributed by atoms with Gasteiger partial charge < -0.3 is 15.2 Å². The molecule has 16 heavy (non-hydrogen) atoms. The van der Waals surface area contributed by atoms with Gasteiger partial charge in [-0.3, -0.25) is 4.79 Å². The molecule has 1 saturated heterocycles. The third-order valence-corrected chi connectivity index (χ3v) is 2.97. The molecule has 0 aromatic heterocycles. The summed E-state index contributed by atoms with van der Waals surface area (Å²) in [6.45, 7) is 4.28. The second-order valence-electron chi connectivity index (χ2n) is 4.02. The van der Waals surface area contributed by atoms with Gasteiger partial charge in [-0.05, 0) is 19.3 Å². The Hall–Kier alpha value is -1.10. The molecule has 5 nitrogen and oxygen atoms in total. The zero-order valence-corrected chi connectivity index (χ0v) is 9.73. The van der Waals surface area contributed by atoms with Crippen molar-refractivity contribution in [3.8, 4) is 0 Å². The highest BCUT2D eigenvalue weighted by molar-refractivity contribution is 5.85. The number of nitrogens with one attached hydrogen (secondary N) is 1. The van der Waals surface area contributed by atoms with Gasteiger partial charge in [0.2, 0.25) is 5.91 Å². The van der Waals surface area contributed by atoms with E-state index in [0.29, 0.717) is 19.4 Å². The molecule has 1 heterocycles. The van der Waals surface area contributed by atoms with Crippen LogP contribution in [0.25, 0.3) is 0 Å². The summed E-state index contributed by atoms with van der Waals surface area (Å²) in [5.41, 5.74) is 0. The summed E-state index contributed by atoms with van der Waals surface area (Å²) in [7, 11) is 0. The lowest BCUT2D eigenvalue weighted by Gasteiger charge is -2.19. The van der Waals surface area contributed by atoms with Gasteiger partial charge in [0.1, 0.15) is 6.04 Å². The normalized spacial score (nSPS) is 26.4. The summed E-state index contributed by atoms with van der Waals surface area (Å²) in [4.78, 5) is 22.6. The predicted molar refractivity (Wildman–Crippen MR) is 58.0 cm³/mol. The van der Waals surface area contributed by atoms with Gasteiger partial charge in [-0.15, -0.1) is 0 Å². The number of carboxylic acids is 1. The minimum Gasteiger partial charge on any atom is -0.480 e. The van der Waals surface area contributed by atoms with Crippen LogP contribution in [0.5, 0.6) is 0 Å². The number of ether oxygens (including phenoxy) is 1. The van der Waals surface area contributed by atoms with E-state index < -0.39 is 12.0 Å². The second kappa shape index (κ2) is 5.84. The minimum absolute atomic E-state index is 0.0636. The lowest BCUT2D eigenvalue weighted by molar-refractivity contribution is -0.142. The molecular formula is C11H19NO4. The van der Waals surface area contributed by atoms with Crippen LogP contribution in [0, 0.1) is 5.92 Å². The van der Waals surface area contributed by atoms with Crippen LogP contribution >= 0.6 is 0 Å². The van der Waals surface area contributed by atoms with Gasteiger partial charge >= 0.3 is 5.97 Å². The first-order valence-corrected chi connectivity index (χ1v) is 5.74. The lowest BCUT2D eigenvalue weighted by Crippen LogP contribution is -2.44. The third kappa shape index (κ3) is 2.95. The zero-order valence-electron chi connectivity index (χ0n) is 9.73. The highest BCUT2D eigenvalue weighted by Gasteiger charge is 2.34. The molecule has 2 unspecified atom stereocenters. The predicted octanol–water partition coefficient (Wildman–Crippen LogP) is 0.781. The summed E-state index contributed by atoms with van der Waals surface area (Å²) < 4.78 is 5.40. The standard InChI is InChI=1S/C11H19NO4/c1-3-8(11(14)15)12-10(13)7-5-6-16-9(7)4-2/h7-9H,3-6H2,1-2H3,(H,12,13)(H,14,15)/t7?,8-,9?/m0/s1. The Balaban J connectivity index is 2.54. The summed E-state index contributed by atoms with van der Waals surface area (Å²) in [6, 6.07) is -0.786. The number of carbonyl (C=O) groups excluding carboxylic acids is 1.